The molecule has 118 valence electrons. The molecular weight excluding hydrogens is 262 g/mol. The summed E-state index contributed by atoms with van der Waals surface area (Å²) in [6, 6.07) is 3.96. The van der Waals surface area contributed by atoms with Crippen molar-refractivity contribution in [3.8, 4) is 0 Å². The van der Waals surface area contributed by atoms with Crippen molar-refractivity contribution in [3.05, 3.63) is 24.0 Å². The topological polar surface area (TPSA) is 45.2 Å². The number of carbonyl (C=O) groups excluding carboxylic acids is 1. The van der Waals surface area contributed by atoms with Crippen LogP contribution in [0.2, 0.25) is 0 Å². The maximum absolute atomic E-state index is 12.6. The number of hydrogen-bond acceptors (Lipinski definition) is 3. The van der Waals surface area contributed by atoms with Gasteiger partial charge in [-0.1, -0.05) is 26.7 Å². The highest BCUT2D eigenvalue weighted by molar-refractivity contribution is 5.93. The van der Waals surface area contributed by atoms with Crippen LogP contribution in [0.15, 0.2) is 18.3 Å². The fourth-order valence-corrected chi connectivity index (χ4v) is 2.20. The Morgan fingerprint density at radius 2 is 2.05 bits per heavy atom. The molecule has 0 aromatic carbocycles. The van der Waals surface area contributed by atoms with E-state index in [1.54, 1.807) is 6.20 Å². The van der Waals surface area contributed by atoms with E-state index in [2.05, 4.69) is 38.0 Å². The second kappa shape index (κ2) is 9.37. The number of anilines is 1. The molecular formula is C17H29N3O. The van der Waals surface area contributed by atoms with Crippen molar-refractivity contribution in [1.29, 1.82) is 0 Å². The summed E-state index contributed by atoms with van der Waals surface area (Å²) in [7, 11) is 0. The van der Waals surface area contributed by atoms with Crippen LogP contribution < -0.4 is 5.32 Å². The largest absolute Gasteiger partial charge is 0.385 e. The lowest BCUT2D eigenvalue weighted by Gasteiger charge is -2.26. The fourth-order valence-electron chi connectivity index (χ4n) is 2.20. The average molecular weight is 291 g/mol. The van der Waals surface area contributed by atoms with E-state index in [0.29, 0.717) is 5.69 Å². The molecule has 0 aliphatic rings. The van der Waals surface area contributed by atoms with Crippen molar-refractivity contribution in [1.82, 2.24) is 9.88 Å². The first-order valence-electron chi connectivity index (χ1n) is 8.11. The van der Waals surface area contributed by atoms with E-state index in [4.69, 9.17) is 0 Å². The van der Waals surface area contributed by atoms with E-state index in [1.165, 1.54) is 0 Å². The van der Waals surface area contributed by atoms with Gasteiger partial charge in [0.1, 0.15) is 5.69 Å². The summed E-state index contributed by atoms with van der Waals surface area (Å²) in [5.41, 5.74) is 1.49. The summed E-state index contributed by atoms with van der Waals surface area (Å²) in [4.78, 5) is 18.8. The van der Waals surface area contributed by atoms with Gasteiger partial charge < -0.3 is 10.2 Å². The summed E-state index contributed by atoms with van der Waals surface area (Å²) in [6.07, 6.45) is 6.13. The summed E-state index contributed by atoms with van der Waals surface area (Å²) < 4.78 is 0. The van der Waals surface area contributed by atoms with Gasteiger partial charge in [0, 0.05) is 31.0 Å². The van der Waals surface area contributed by atoms with Crippen LogP contribution in [-0.2, 0) is 0 Å². The van der Waals surface area contributed by atoms with Crippen LogP contribution in [0.4, 0.5) is 5.69 Å². The number of nitrogens with one attached hydrogen (secondary N) is 1. The Morgan fingerprint density at radius 3 is 2.67 bits per heavy atom. The van der Waals surface area contributed by atoms with Gasteiger partial charge in [-0.2, -0.15) is 0 Å². The van der Waals surface area contributed by atoms with E-state index in [9.17, 15) is 4.79 Å². The first-order chi connectivity index (χ1) is 10.1. The van der Waals surface area contributed by atoms with Gasteiger partial charge in [0.05, 0.1) is 0 Å². The van der Waals surface area contributed by atoms with Gasteiger partial charge in [-0.05, 0) is 38.8 Å². The van der Waals surface area contributed by atoms with Crippen molar-refractivity contribution >= 4 is 11.6 Å². The number of pyridine rings is 1. The smallest absolute Gasteiger partial charge is 0.272 e. The summed E-state index contributed by atoms with van der Waals surface area (Å²) in [5, 5.41) is 3.30. The molecule has 0 aliphatic carbocycles. The number of aromatic nitrogens is 1. The van der Waals surface area contributed by atoms with E-state index >= 15 is 0 Å². The van der Waals surface area contributed by atoms with Crippen LogP contribution >= 0.6 is 0 Å². The molecule has 1 N–H and O–H groups in total. The molecule has 1 heterocycles. The third-order valence-corrected chi connectivity index (χ3v) is 3.44. The van der Waals surface area contributed by atoms with Crippen LogP contribution in [0.3, 0.4) is 0 Å². The fraction of sp³-hybridized carbons (Fsp3) is 0.647. The normalized spacial score (nSPS) is 10.7. The second-order valence-electron chi connectivity index (χ2n) is 5.66. The zero-order chi connectivity index (χ0) is 15.7. The predicted octanol–water partition coefficient (Wildman–Crippen LogP) is 3.94. The predicted molar refractivity (Wildman–Crippen MR) is 88.7 cm³/mol. The standard InChI is InChI=1S/C17H29N3O/c1-5-7-8-12-20(14(3)4)17(21)16-13-15(9-11-19-16)18-10-6-2/h9,11,13-14H,5-8,10,12H2,1-4H3,(H,18,19). The van der Waals surface area contributed by atoms with Crippen LogP contribution in [-0.4, -0.2) is 34.9 Å². The molecule has 0 unspecified atom stereocenters. The van der Waals surface area contributed by atoms with Gasteiger partial charge in [-0.25, -0.2) is 0 Å². The SMILES string of the molecule is CCCCCN(C(=O)c1cc(NCCC)ccn1)C(C)C. The minimum atomic E-state index is 0.0289. The van der Waals surface area contributed by atoms with Gasteiger partial charge in [-0.15, -0.1) is 0 Å². The number of carbonyl (C=O) groups is 1. The Kier molecular flexibility index (Phi) is 7.80. The molecule has 1 aromatic rings. The van der Waals surface area contributed by atoms with Crippen LogP contribution in [0.1, 0.15) is 63.9 Å². The first kappa shape index (κ1) is 17.5. The molecule has 0 saturated heterocycles. The minimum absolute atomic E-state index is 0.0289. The molecule has 0 saturated carbocycles. The third kappa shape index (κ3) is 5.74. The van der Waals surface area contributed by atoms with E-state index in [-0.39, 0.29) is 11.9 Å². The van der Waals surface area contributed by atoms with Crippen LogP contribution in [0, 0.1) is 0 Å². The van der Waals surface area contributed by atoms with E-state index < -0.39 is 0 Å². The third-order valence-electron chi connectivity index (χ3n) is 3.44. The highest BCUT2D eigenvalue weighted by Gasteiger charge is 2.19. The summed E-state index contributed by atoms with van der Waals surface area (Å²) >= 11 is 0. The second-order valence-corrected chi connectivity index (χ2v) is 5.66. The molecule has 0 aliphatic heterocycles. The molecule has 4 heteroatoms. The molecule has 0 bridgehead atoms. The van der Waals surface area contributed by atoms with Gasteiger partial charge in [0.15, 0.2) is 0 Å². The Labute approximate surface area is 129 Å². The Morgan fingerprint density at radius 1 is 1.29 bits per heavy atom. The molecule has 21 heavy (non-hydrogen) atoms. The van der Waals surface area contributed by atoms with Gasteiger partial charge in [-0.3, -0.25) is 9.78 Å². The summed E-state index contributed by atoms with van der Waals surface area (Å²) in [6.45, 7) is 10.1. The van der Waals surface area contributed by atoms with Crippen molar-refractivity contribution in [2.75, 3.05) is 18.4 Å². The lowest BCUT2D eigenvalue weighted by Crippen LogP contribution is -2.38. The van der Waals surface area contributed by atoms with Gasteiger partial charge >= 0.3 is 0 Å². The molecule has 0 radical (unpaired) electrons. The first-order valence-corrected chi connectivity index (χ1v) is 8.11. The number of nitrogens with zero attached hydrogens (tertiary/aromatic N) is 2. The Balaban J connectivity index is 2.77. The minimum Gasteiger partial charge on any atom is -0.385 e. The average Bonchev–Trinajstić information content (AvgIpc) is 2.49. The van der Waals surface area contributed by atoms with Crippen molar-refractivity contribution < 1.29 is 4.79 Å². The molecule has 0 spiro atoms. The number of amides is 1. The number of rotatable bonds is 9. The molecule has 1 rings (SSSR count). The highest BCUT2D eigenvalue weighted by atomic mass is 16.2. The maximum Gasteiger partial charge on any atom is 0.272 e. The van der Waals surface area contributed by atoms with Gasteiger partial charge in [0.2, 0.25) is 0 Å². The quantitative estimate of drug-likeness (QED) is 0.701. The van der Waals surface area contributed by atoms with Crippen molar-refractivity contribution in [2.45, 2.75) is 59.4 Å². The van der Waals surface area contributed by atoms with Crippen LogP contribution in [0.5, 0.6) is 0 Å². The molecule has 0 fully saturated rings. The maximum atomic E-state index is 12.6. The monoisotopic (exact) mass is 291 g/mol. The molecule has 1 aromatic heterocycles. The zero-order valence-corrected chi connectivity index (χ0v) is 13.9. The van der Waals surface area contributed by atoms with Crippen LogP contribution in [0.25, 0.3) is 0 Å². The van der Waals surface area contributed by atoms with Crippen molar-refractivity contribution in [3.63, 3.8) is 0 Å². The Hall–Kier alpha value is -1.58. The van der Waals surface area contributed by atoms with E-state index in [1.807, 2.05) is 17.0 Å². The summed E-state index contributed by atoms with van der Waals surface area (Å²) in [5.74, 6) is 0.0289. The lowest BCUT2D eigenvalue weighted by molar-refractivity contribution is 0.0696. The molecule has 0 atom stereocenters. The van der Waals surface area contributed by atoms with Gasteiger partial charge in [0.25, 0.3) is 5.91 Å². The molecule has 4 nitrogen and oxygen atoms in total. The number of unbranched alkanes of at least 4 members (excludes halogenated alkanes) is 2. The lowest BCUT2D eigenvalue weighted by atomic mass is 10.2. The van der Waals surface area contributed by atoms with Crippen molar-refractivity contribution in [2.24, 2.45) is 0 Å². The Bertz CT molecular complexity index is 432. The number of hydrogen-bond donors (Lipinski definition) is 1. The van der Waals surface area contributed by atoms with E-state index in [0.717, 1.165) is 44.5 Å². The molecule has 1 amide bonds. The highest BCUT2D eigenvalue weighted by Crippen LogP contribution is 2.13. The zero-order valence-electron chi connectivity index (χ0n) is 13.9.